The molecule has 11 rings (SSSR count). The minimum atomic E-state index is 1.10. The van der Waals surface area contributed by atoms with E-state index in [0.717, 1.165) is 22.7 Å². The van der Waals surface area contributed by atoms with Crippen LogP contribution in [0.5, 0.6) is 0 Å². The van der Waals surface area contributed by atoms with Crippen LogP contribution in [0.15, 0.2) is 237 Å². The van der Waals surface area contributed by atoms with Gasteiger partial charge in [0.2, 0.25) is 0 Å². The second kappa shape index (κ2) is 16.0. The Balaban J connectivity index is 0.984. The van der Waals surface area contributed by atoms with Gasteiger partial charge >= 0.3 is 0 Å². The summed E-state index contributed by atoms with van der Waals surface area (Å²) in [5.41, 5.74) is 15.2. The second-order valence-corrected chi connectivity index (χ2v) is 16.2. The van der Waals surface area contributed by atoms with Crippen LogP contribution >= 0.6 is 0 Å². The number of nitrogens with zero attached hydrogens (tertiary/aromatic N) is 2. The van der Waals surface area contributed by atoms with Crippen LogP contribution in [0.3, 0.4) is 0 Å². The molecule has 1 aromatic heterocycles. The molecule has 10 aromatic carbocycles. The van der Waals surface area contributed by atoms with Crippen LogP contribution in [0, 0.1) is 6.92 Å². The van der Waals surface area contributed by atoms with Crippen LogP contribution < -0.4 is 4.90 Å². The Kier molecular flexibility index (Phi) is 9.60. The van der Waals surface area contributed by atoms with Gasteiger partial charge in [-0.15, -0.1) is 0 Å². The molecule has 2 nitrogen and oxygen atoms in total. The number of hydrogen-bond acceptors (Lipinski definition) is 1. The van der Waals surface area contributed by atoms with Gasteiger partial charge in [0.25, 0.3) is 0 Å². The number of hydrogen-bond donors (Lipinski definition) is 0. The molecular formula is C61H44N2. The summed E-state index contributed by atoms with van der Waals surface area (Å²) in [6.07, 6.45) is 6.05. The summed E-state index contributed by atoms with van der Waals surface area (Å²) < 4.78 is 2.39. The molecule has 0 aliphatic rings. The molecule has 2 heteroatoms. The third kappa shape index (κ3) is 6.79. The van der Waals surface area contributed by atoms with Crippen molar-refractivity contribution < 1.29 is 0 Å². The minimum absolute atomic E-state index is 1.10. The zero-order valence-corrected chi connectivity index (χ0v) is 35.1. The number of rotatable bonds is 9. The molecule has 0 fully saturated rings. The summed E-state index contributed by atoms with van der Waals surface area (Å²) in [4.78, 5) is 2.41. The third-order valence-electron chi connectivity index (χ3n) is 12.5. The lowest BCUT2D eigenvalue weighted by molar-refractivity contribution is 1.05. The van der Waals surface area contributed by atoms with Crippen LogP contribution in [0.1, 0.15) is 11.3 Å². The molecule has 0 N–H and O–H groups in total. The highest BCUT2D eigenvalue weighted by Gasteiger charge is 2.19. The largest absolute Gasteiger partial charge is 0.313 e. The number of allylic oxidation sites excluding steroid dienone is 2. The summed E-state index contributed by atoms with van der Waals surface area (Å²) in [6.45, 7) is 6.15. The van der Waals surface area contributed by atoms with E-state index < -0.39 is 0 Å². The van der Waals surface area contributed by atoms with E-state index in [-0.39, 0.29) is 0 Å². The Morgan fingerprint density at radius 1 is 0.429 bits per heavy atom. The highest BCUT2D eigenvalue weighted by molar-refractivity contribution is 6.14. The summed E-state index contributed by atoms with van der Waals surface area (Å²) in [7, 11) is 0. The van der Waals surface area contributed by atoms with Gasteiger partial charge in [0, 0.05) is 39.1 Å². The Hall–Kier alpha value is -8.20. The quantitative estimate of drug-likeness (QED) is 0.104. The van der Waals surface area contributed by atoms with Crippen LogP contribution in [0.25, 0.3) is 88.4 Å². The molecule has 1 heterocycles. The van der Waals surface area contributed by atoms with Crippen molar-refractivity contribution in [2.75, 3.05) is 4.90 Å². The van der Waals surface area contributed by atoms with Gasteiger partial charge in [0.1, 0.15) is 0 Å². The number of aromatic nitrogens is 1. The van der Waals surface area contributed by atoms with E-state index in [1.807, 2.05) is 12.2 Å². The lowest BCUT2D eigenvalue weighted by Gasteiger charge is -2.28. The fraction of sp³-hybridized carbons (Fsp3) is 0.0164. The topological polar surface area (TPSA) is 8.17 Å². The number of benzene rings is 10. The number of anilines is 3. The summed E-state index contributed by atoms with van der Waals surface area (Å²) >= 11 is 0. The zero-order valence-electron chi connectivity index (χ0n) is 35.1. The minimum Gasteiger partial charge on any atom is -0.313 e. The van der Waals surface area contributed by atoms with Crippen LogP contribution in [-0.4, -0.2) is 4.57 Å². The van der Waals surface area contributed by atoms with E-state index in [1.165, 1.54) is 87.9 Å². The Labute approximate surface area is 368 Å². The fourth-order valence-electron chi connectivity index (χ4n) is 9.48. The van der Waals surface area contributed by atoms with Gasteiger partial charge in [-0.25, -0.2) is 0 Å². The van der Waals surface area contributed by atoms with E-state index >= 15 is 0 Å². The van der Waals surface area contributed by atoms with Crippen molar-refractivity contribution in [2.45, 2.75) is 6.92 Å². The molecule has 0 saturated carbocycles. The maximum Gasteiger partial charge on any atom is 0.0546 e. The lowest BCUT2D eigenvalue weighted by atomic mass is 9.94. The van der Waals surface area contributed by atoms with Gasteiger partial charge in [0.05, 0.1) is 11.2 Å². The van der Waals surface area contributed by atoms with Crippen molar-refractivity contribution in [1.82, 2.24) is 4.57 Å². The van der Waals surface area contributed by atoms with Gasteiger partial charge in [-0.1, -0.05) is 189 Å². The first-order valence-corrected chi connectivity index (χ1v) is 21.6. The molecule has 0 unspecified atom stereocenters. The monoisotopic (exact) mass is 804 g/mol. The van der Waals surface area contributed by atoms with Crippen molar-refractivity contribution in [2.24, 2.45) is 0 Å². The fourth-order valence-corrected chi connectivity index (χ4v) is 9.48. The van der Waals surface area contributed by atoms with E-state index in [1.54, 1.807) is 0 Å². The highest BCUT2D eigenvalue weighted by atomic mass is 15.1. The van der Waals surface area contributed by atoms with E-state index in [2.05, 4.69) is 247 Å². The van der Waals surface area contributed by atoms with E-state index in [4.69, 9.17) is 0 Å². The first-order valence-electron chi connectivity index (χ1n) is 21.6. The normalized spacial score (nSPS) is 11.6. The molecule has 0 bridgehead atoms. The highest BCUT2D eigenvalue weighted by Crippen LogP contribution is 2.44. The van der Waals surface area contributed by atoms with Crippen molar-refractivity contribution in [1.29, 1.82) is 0 Å². The molecule has 0 spiro atoms. The van der Waals surface area contributed by atoms with E-state index in [0.29, 0.717) is 0 Å². The van der Waals surface area contributed by atoms with Gasteiger partial charge in [-0.2, -0.15) is 0 Å². The molecule has 11 aromatic rings. The van der Waals surface area contributed by atoms with Crippen LogP contribution in [0.2, 0.25) is 0 Å². The molecule has 0 aliphatic carbocycles. The smallest absolute Gasteiger partial charge is 0.0546 e. The lowest BCUT2D eigenvalue weighted by Crippen LogP contribution is -2.10. The molecular weight excluding hydrogens is 761 g/mol. The van der Waals surface area contributed by atoms with Gasteiger partial charge in [-0.05, 0) is 122 Å². The predicted molar refractivity (Wildman–Crippen MR) is 271 cm³/mol. The average molecular weight is 805 g/mol. The van der Waals surface area contributed by atoms with Crippen molar-refractivity contribution in [3.8, 4) is 39.1 Å². The maximum atomic E-state index is 3.94. The summed E-state index contributed by atoms with van der Waals surface area (Å²) in [5, 5.41) is 8.63. The summed E-state index contributed by atoms with van der Waals surface area (Å²) in [5.74, 6) is 0. The van der Waals surface area contributed by atoms with Crippen LogP contribution in [0.4, 0.5) is 17.1 Å². The second-order valence-electron chi connectivity index (χ2n) is 16.2. The van der Waals surface area contributed by atoms with Crippen molar-refractivity contribution >= 4 is 66.4 Å². The van der Waals surface area contributed by atoms with Gasteiger partial charge < -0.3 is 9.47 Å². The Morgan fingerprint density at radius 2 is 0.937 bits per heavy atom. The molecule has 298 valence electrons. The third-order valence-corrected chi connectivity index (χ3v) is 12.5. The number of fused-ring (bicyclic) bond motifs is 5. The van der Waals surface area contributed by atoms with Crippen LogP contribution in [-0.2, 0) is 0 Å². The first-order chi connectivity index (χ1) is 31.1. The maximum absolute atomic E-state index is 3.94. The molecule has 63 heavy (non-hydrogen) atoms. The molecule has 0 saturated heterocycles. The molecule has 0 amide bonds. The van der Waals surface area contributed by atoms with Gasteiger partial charge in [-0.3, -0.25) is 0 Å². The van der Waals surface area contributed by atoms with Crippen molar-refractivity contribution in [3.63, 3.8) is 0 Å². The average Bonchev–Trinajstić information content (AvgIpc) is 3.62. The first kappa shape index (κ1) is 37.8. The molecule has 0 radical (unpaired) electrons. The Bertz CT molecular complexity index is 3500. The molecule has 0 atom stereocenters. The van der Waals surface area contributed by atoms with Gasteiger partial charge in [0.15, 0.2) is 0 Å². The van der Waals surface area contributed by atoms with E-state index in [9.17, 15) is 0 Å². The predicted octanol–water partition coefficient (Wildman–Crippen LogP) is 17.1. The van der Waals surface area contributed by atoms with Crippen molar-refractivity contribution in [3.05, 3.63) is 248 Å². The summed E-state index contributed by atoms with van der Waals surface area (Å²) in [6, 6.07) is 79.5. The Morgan fingerprint density at radius 3 is 1.59 bits per heavy atom. The zero-order chi connectivity index (χ0) is 42.3. The molecule has 0 aliphatic heterocycles. The SMILES string of the molecule is C=C/C=C\c1c(C)n(-c2ccc(-c3ccccc3-c3ccc(N(c4ccc(-c5ccccc5)cc4)c4cc5ccccc5c5ccccc45)cc3)cc2)c2cc3ccccc3cc12. The standard InChI is InChI=1S/C61H44N2/c1-3-4-21-53-42(2)62(61-40-48-19-9-8-18-47(48)39-59(53)61)50-35-29-45(30-36-50)54-22-12-13-23-55(54)46-31-37-52(38-32-46)63(51-33-27-44(28-34-51)43-16-6-5-7-17-43)60-41-49-20-10-11-24-56(49)57-25-14-15-26-58(57)60/h3-41H,1H2,2H3/b21-4-.